The predicted molar refractivity (Wildman–Crippen MR) is 126 cm³/mol. The fraction of sp³-hybridized carbons (Fsp3) is 0.385. The third-order valence-corrected chi connectivity index (χ3v) is 5.99. The fourth-order valence-electron chi connectivity index (χ4n) is 4.27. The monoisotopic (exact) mass is 416 g/mol. The molecule has 0 saturated carbocycles. The normalized spacial score (nSPS) is 15.3. The van der Waals surface area contributed by atoms with Crippen molar-refractivity contribution in [3.8, 4) is 0 Å². The highest BCUT2D eigenvalue weighted by Gasteiger charge is 2.16. The third kappa shape index (κ3) is 5.90. The van der Waals surface area contributed by atoms with Gasteiger partial charge in [0.1, 0.15) is 0 Å². The lowest BCUT2D eigenvalue weighted by Crippen LogP contribution is -2.46. The van der Waals surface area contributed by atoms with Crippen molar-refractivity contribution in [2.45, 2.75) is 26.3 Å². The van der Waals surface area contributed by atoms with Crippen molar-refractivity contribution in [3.05, 3.63) is 77.5 Å². The summed E-state index contributed by atoms with van der Waals surface area (Å²) in [5.41, 5.74) is 3.86. The topological polar surface area (TPSA) is 48.5 Å². The second-order valence-corrected chi connectivity index (χ2v) is 8.39. The van der Waals surface area contributed by atoms with Crippen LogP contribution in [0.1, 0.15) is 34.5 Å². The molecule has 5 heteroatoms. The van der Waals surface area contributed by atoms with Gasteiger partial charge in [-0.1, -0.05) is 48.5 Å². The number of piperazine rings is 1. The van der Waals surface area contributed by atoms with Gasteiger partial charge in [0.2, 0.25) is 0 Å². The molecule has 31 heavy (non-hydrogen) atoms. The van der Waals surface area contributed by atoms with Crippen LogP contribution in [0.2, 0.25) is 0 Å². The van der Waals surface area contributed by atoms with Gasteiger partial charge in [0.15, 0.2) is 0 Å². The first-order chi connectivity index (χ1) is 15.2. The number of rotatable bonds is 8. The smallest absolute Gasteiger partial charge is 0.252 e. The number of aromatic nitrogens is 1. The molecule has 0 radical (unpaired) electrons. The number of unbranched alkanes of at least 4 members (excludes halogenated alkanes) is 1. The number of para-hydroxylation sites is 1. The Labute approximate surface area is 185 Å². The zero-order chi connectivity index (χ0) is 21.5. The average Bonchev–Trinajstić information content (AvgIpc) is 2.80. The van der Waals surface area contributed by atoms with Crippen LogP contribution in [0.3, 0.4) is 0 Å². The summed E-state index contributed by atoms with van der Waals surface area (Å²) in [6.45, 7) is 9.30. The Morgan fingerprint density at radius 3 is 2.45 bits per heavy atom. The molecule has 0 spiro atoms. The SMILES string of the molecule is Cc1cc(C(=O)NCCCCN2CCN(Cc3ccccc3)CC2)c2ccccc2n1. The first-order valence-corrected chi connectivity index (χ1v) is 11.3. The number of fused-ring (bicyclic) bond motifs is 1. The number of carbonyl (C=O) groups excluding carboxylic acids is 1. The van der Waals surface area contributed by atoms with E-state index in [-0.39, 0.29) is 5.91 Å². The van der Waals surface area contributed by atoms with Crippen LogP contribution in [0.15, 0.2) is 60.7 Å². The molecule has 1 fully saturated rings. The lowest BCUT2D eigenvalue weighted by atomic mass is 10.1. The fourth-order valence-corrected chi connectivity index (χ4v) is 4.27. The number of carbonyl (C=O) groups is 1. The predicted octanol–water partition coefficient (Wildman–Crippen LogP) is 3.87. The van der Waals surface area contributed by atoms with E-state index >= 15 is 0 Å². The molecule has 1 N–H and O–H groups in total. The summed E-state index contributed by atoms with van der Waals surface area (Å²) in [4.78, 5) is 22.3. The standard InChI is InChI=1S/C26H32N4O/c1-21-19-24(23-11-5-6-12-25(23)28-21)26(31)27-13-7-8-14-29-15-17-30(18-16-29)20-22-9-3-2-4-10-22/h2-6,9-12,19H,7-8,13-18,20H2,1H3,(H,27,31). The van der Waals surface area contributed by atoms with Crippen molar-refractivity contribution in [1.82, 2.24) is 20.1 Å². The summed E-state index contributed by atoms with van der Waals surface area (Å²) < 4.78 is 0. The van der Waals surface area contributed by atoms with Gasteiger partial charge in [0, 0.05) is 50.3 Å². The highest BCUT2D eigenvalue weighted by atomic mass is 16.1. The van der Waals surface area contributed by atoms with Crippen LogP contribution in [0.5, 0.6) is 0 Å². The summed E-state index contributed by atoms with van der Waals surface area (Å²) in [7, 11) is 0. The molecule has 1 saturated heterocycles. The molecular weight excluding hydrogens is 384 g/mol. The van der Waals surface area contributed by atoms with Gasteiger partial charge in [0.05, 0.1) is 11.1 Å². The van der Waals surface area contributed by atoms with Gasteiger partial charge in [-0.05, 0) is 44.0 Å². The number of hydrogen-bond acceptors (Lipinski definition) is 4. The van der Waals surface area contributed by atoms with Crippen molar-refractivity contribution >= 4 is 16.8 Å². The number of amides is 1. The van der Waals surface area contributed by atoms with Gasteiger partial charge in [-0.25, -0.2) is 0 Å². The van der Waals surface area contributed by atoms with E-state index in [1.165, 1.54) is 5.56 Å². The molecule has 1 amide bonds. The summed E-state index contributed by atoms with van der Waals surface area (Å²) >= 11 is 0. The van der Waals surface area contributed by atoms with Crippen LogP contribution in [0.25, 0.3) is 10.9 Å². The van der Waals surface area contributed by atoms with Crippen LogP contribution in [0.4, 0.5) is 0 Å². The molecule has 1 aromatic heterocycles. The Bertz CT molecular complexity index is 997. The number of benzene rings is 2. The van der Waals surface area contributed by atoms with Gasteiger partial charge in [-0.3, -0.25) is 14.7 Å². The van der Waals surface area contributed by atoms with E-state index in [9.17, 15) is 4.79 Å². The van der Waals surface area contributed by atoms with Crippen molar-refractivity contribution in [2.75, 3.05) is 39.3 Å². The van der Waals surface area contributed by atoms with E-state index in [4.69, 9.17) is 0 Å². The van der Waals surface area contributed by atoms with Crippen LogP contribution in [-0.4, -0.2) is 60.0 Å². The zero-order valence-electron chi connectivity index (χ0n) is 18.4. The molecule has 1 aliphatic heterocycles. The highest BCUT2D eigenvalue weighted by Crippen LogP contribution is 2.18. The van der Waals surface area contributed by atoms with Gasteiger partial charge >= 0.3 is 0 Å². The number of aryl methyl sites for hydroxylation is 1. The number of nitrogens with zero attached hydrogens (tertiary/aromatic N) is 3. The molecule has 0 bridgehead atoms. The molecule has 2 heterocycles. The minimum absolute atomic E-state index is 0.00349. The van der Waals surface area contributed by atoms with E-state index < -0.39 is 0 Å². The molecule has 4 rings (SSSR count). The Kier molecular flexibility index (Phi) is 7.28. The van der Waals surface area contributed by atoms with Crippen LogP contribution in [-0.2, 0) is 6.54 Å². The maximum Gasteiger partial charge on any atom is 0.252 e. The first-order valence-electron chi connectivity index (χ1n) is 11.3. The summed E-state index contributed by atoms with van der Waals surface area (Å²) in [5, 5.41) is 4.01. The summed E-state index contributed by atoms with van der Waals surface area (Å²) in [6, 6.07) is 20.4. The molecule has 0 aliphatic carbocycles. The number of hydrogen-bond donors (Lipinski definition) is 1. The summed E-state index contributed by atoms with van der Waals surface area (Å²) in [6.07, 6.45) is 2.10. The van der Waals surface area contributed by atoms with E-state index in [0.29, 0.717) is 6.54 Å². The molecular formula is C26H32N4O. The Morgan fingerprint density at radius 2 is 1.65 bits per heavy atom. The largest absolute Gasteiger partial charge is 0.352 e. The van der Waals surface area contributed by atoms with Crippen molar-refractivity contribution < 1.29 is 4.79 Å². The molecule has 1 aliphatic rings. The third-order valence-electron chi connectivity index (χ3n) is 5.99. The van der Waals surface area contributed by atoms with Crippen molar-refractivity contribution in [3.63, 3.8) is 0 Å². The maximum absolute atomic E-state index is 12.7. The minimum atomic E-state index is -0.00349. The minimum Gasteiger partial charge on any atom is -0.352 e. The van der Waals surface area contributed by atoms with E-state index in [1.807, 2.05) is 37.3 Å². The van der Waals surface area contributed by atoms with Crippen LogP contribution < -0.4 is 5.32 Å². The van der Waals surface area contributed by atoms with Gasteiger partial charge in [-0.15, -0.1) is 0 Å². The maximum atomic E-state index is 12.7. The first kappa shape index (κ1) is 21.5. The van der Waals surface area contributed by atoms with Crippen molar-refractivity contribution in [1.29, 1.82) is 0 Å². The van der Waals surface area contributed by atoms with E-state index in [1.54, 1.807) is 0 Å². The summed E-state index contributed by atoms with van der Waals surface area (Å²) in [5.74, 6) is -0.00349. The molecule has 0 atom stereocenters. The van der Waals surface area contributed by atoms with Crippen LogP contribution in [0, 0.1) is 6.92 Å². The number of pyridine rings is 1. The molecule has 2 aromatic carbocycles. The average molecular weight is 417 g/mol. The second-order valence-electron chi connectivity index (χ2n) is 8.39. The number of nitrogens with one attached hydrogen (secondary N) is 1. The molecule has 0 unspecified atom stereocenters. The molecule has 3 aromatic rings. The quantitative estimate of drug-likeness (QED) is 0.567. The lowest BCUT2D eigenvalue weighted by molar-refractivity contribution is 0.0952. The van der Waals surface area contributed by atoms with Gasteiger partial charge in [0.25, 0.3) is 5.91 Å². The van der Waals surface area contributed by atoms with E-state index in [0.717, 1.165) is 74.3 Å². The van der Waals surface area contributed by atoms with Crippen LogP contribution >= 0.6 is 0 Å². The Morgan fingerprint density at radius 1 is 0.935 bits per heavy atom. The van der Waals surface area contributed by atoms with Gasteiger partial charge < -0.3 is 10.2 Å². The highest BCUT2D eigenvalue weighted by molar-refractivity contribution is 6.06. The Hall–Kier alpha value is -2.76. The molecule has 5 nitrogen and oxygen atoms in total. The molecule has 162 valence electrons. The Balaban J connectivity index is 1.16. The zero-order valence-corrected chi connectivity index (χ0v) is 18.4. The van der Waals surface area contributed by atoms with Gasteiger partial charge in [-0.2, -0.15) is 0 Å². The lowest BCUT2D eigenvalue weighted by Gasteiger charge is -2.34. The van der Waals surface area contributed by atoms with Crippen molar-refractivity contribution in [2.24, 2.45) is 0 Å². The second kappa shape index (κ2) is 10.5. The van der Waals surface area contributed by atoms with E-state index in [2.05, 4.69) is 50.4 Å².